The number of carbonyl (C=O) groups excluding carboxylic acids is 1. The molecule has 1 aromatic carbocycles. The molecule has 3 aromatic heterocycles. The molecule has 0 aliphatic rings. The smallest absolute Gasteiger partial charge is 0.363 e. The van der Waals surface area contributed by atoms with Crippen LogP contribution in [0.15, 0.2) is 63.8 Å². The van der Waals surface area contributed by atoms with E-state index in [4.69, 9.17) is 18.3 Å². The van der Waals surface area contributed by atoms with Gasteiger partial charge in [-0.1, -0.05) is 18.2 Å². The summed E-state index contributed by atoms with van der Waals surface area (Å²) in [4.78, 5) is 12.4. The molecule has 9 heteroatoms. The zero-order valence-electron chi connectivity index (χ0n) is 14.2. The predicted molar refractivity (Wildman–Crippen MR) is 91.2 cm³/mol. The fraction of sp³-hybridized carbons (Fsp3) is 0.111. The molecule has 3 heterocycles. The lowest BCUT2D eigenvalue weighted by Gasteiger charge is -2.01. The number of furan rings is 1. The lowest BCUT2D eigenvalue weighted by Crippen LogP contribution is -2.08. The van der Waals surface area contributed by atoms with Gasteiger partial charge in [-0.3, -0.25) is 0 Å². The molecule has 0 fully saturated rings. The highest BCUT2D eigenvalue weighted by Crippen LogP contribution is 2.21. The molecule has 136 valence electrons. The van der Waals surface area contributed by atoms with Crippen molar-refractivity contribution in [2.45, 2.75) is 6.61 Å². The zero-order valence-corrected chi connectivity index (χ0v) is 14.2. The Kier molecular flexibility index (Phi) is 4.40. The van der Waals surface area contributed by atoms with Crippen LogP contribution < -0.4 is 4.74 Å². The minimum atomic E-state index is -0.667. The van der Waals surface area contributed by atoms with Gasteiger partial charge >= 0.3 is 5.97 Å². The lowest BCUT2D eigenvalue weighted by molar-refractivity contribution is 0.0427. The van der Waals surface area contributed by atoms with Gasteiger partial charge in [0.25, 0.3) is 11.8 Å². The summed E-state index contributed by atoms with van der Waals surface area (Å²) in [6.45, 7) is -0.201. The van der Waals surface area contributed by atoms with E-state index < -0.39 is 5.97 Å². The van der Waals surface area contributed by atoms with Crippen LogP contribution in [-0.4, -0.2) is 33.1 Å². The molecule has 0 aliphatic heterocycles. The summed E-state index contributed by atoms with van der Waals surface area (Å²) in [5.41, 5.74) is 0.835. The molecule has 0 saturated carbocycles. The van der Waals surface area contributed by atoms with Crippen LogP contribution in [0.2, 0.25) is 0 Å². The minimum absolute atomic E-state index is 0.0483. The molecule has 4 aromatic rings. The number of rotatable bonds is 6. The van der Waals surface area contributed by atoms with Crippen molar-refractivity contribution in [2.75, 3.05) is 7.11 Å². The number of nitrogens with zero attached hydrogens (tertiary/aromatic N) is 4. The van der Waals surface area contributed by atoms with Crippen molar-refractivity contribution < 1.29 is 23.1 Å². The fourth-order valence-electron chi connectivity index (χ4n) is 2.37. The molecule has 0 atom stereocenters. The molecule has 0 N–H and O–H groups in total. The van der Waals surface area contributed by atoms with Crippen LogP contribution in [0.25, 0.3) is 17.3 Å². The minimum Gasteiger partial charge on any atom is -0.493 e. The van der Waals surface area contributed by atoms with Gasteiger partial charge in [0.2, 0.25) is 5.69 Å². The van der Waals surface area contributed by atoms with Crippen LogP contribution in [0.3, 0.4) is 0 Å². The third-order valence-corrected chi connectivity index (χ3v) is 3.64. The summed E-state index contributed by atoms with van der Waals surface area (Å²) >= 11 is 0. The maximum atomic E-state index is 12.4. The summed E-state index contributed by atoms with van der Waals surface area (Å²) in [6.07, 6.45) is 3.10. The van der Waals surface area contributed by atoms with E-state index in [0.717, 1.165) is 5.69 Å². The van der Waals surface area contributed by atoms with Crippen LogP contribution >= 0.6 is 0 Å². The van der Waals surface area contributed by atoms with Gasteiger partial charge in [-0.05, 0) is 24.3 Å². The summed E-state index contributed by atoms with van der Waals surface area (Å²) in [7, 11) is 1.46. The van der Waals surface area contributed by atoms with Gasteiger partial charge in [-0.15, -0.1) is 10.2 Å². The van der Waals surface area contributed by atoms with E-state index in [2.05, 4.69) is 15.3 Å². The molecule has 0 aliphatic carbocycles. The molecule has 0 radical (unpaired) electrons. The molecule has 0 saturated heterocycles. The summed E-state index contributed by atoms with van der Waals surface area (Å²) in [5, 5.41) is 11.9. The molecule has 0 bridgehead atoms. The zero-order chi connectivity index (χ0) is 18.6. The second-order valence-electron chi connectivity index (χ2n) is 5.38. The topological polar surface area (TPSA) is 105 Å². The lowest BCUT2D eigenvalue weighted by atomic mass is 10.3. The van der Waals surface area contributed by atoms with Gasteiger partial charge in [0.15, 0.2) is 18.1 Å². The number of methoxy groups -OCH3 is 1. The number of esters is 1. The Morgan fingerprint density at radius 1 is 1.15 bits per heavy atom. The highest BCUT2D eigenvalue weighted by Gasteiger charge is 2.21. The van der Waals surface area contributed by atoms with Crippen molar-refractivity contribution in [2.24, 2.45) is 0 Å². The molecule has 9 nitrogen and oxygen atoms in total. The van der Waals surface area contributed by atoms with Crippen molar-refractivity contribution in [1.82, 2.24) is 20.0 Å². The maximum Gasteiger partial charge on any atom is 0.363 e. The van der Waals surface area contributed by atoms with Gasteiger partial charge in [0.1, 0.15) is 0 Å². The maximum absolute atomic E-state index is 12.4. The quantitative estimate of drug-likeness (QED) is 0.480. The Balaban J connectivity index is 1.48. The fourth-order valence-corrected chi connectivity index (χ4v) is 2.37. The standard InChI is InChI=1S/C18H14N4O5/c1-24-14-10-22(12-6-3-2-4-7-12)21-16(14)18(23)26-11-15-19-20-17(27-15)13-8-5-9-25-13/h2-10H,11H2,1H3. The SMILES string of the molecule is COc1cn(-c2ccccc2)nc1C(=O)OCc1nnc(-c2ccco2)o1. The monoisotopic (exact) mass is 366 g/mol. The number of ether oxygens (including phenoxy) is 2. The normalized spacial score (nSPS) is 10.7. The van der Waals surface area contributed by atoms with Gasteiger partial charge in [-0.2, -0.15) is 5.10 Å². The Morgan fingerprint density at radius 2 is 2.00 bits per heavy atom. The summed E-state index contributed by atoms with van der Waals surface area (Å²) < 4.78 is 22.5. The number of hydrogen-bond acceptors (Lipinski definition) is 8. The molecular formula is C18H14N4O5. The van der Waals surface area contributed by atoms with E-state index in [9.17, 15) is 4.79 Å². The Morgan fingerprint density at radius 3 is 2.74 bits per heavy atom. The van der Waals surface area contributed by atoms with Gasteiger partial charge < -0.3 is 18.3 Å². The van der Waals surface area contributed by atoms with E-state index in [0.29, 0.717) is 11.5 Å². The van der Waals surface area contributed by atoms with Crippen molar-refractivity contribution in [3.8, 4) is 23.1 Å². The third kappa shape index (κ3) is 3.43. The van der Waals surface area contributed by atoms with Crippen molar-refractivity contribution in [1.29, 1.82) is 0 Å². The average Bonchev–Trinajstić information content (AvgIpc) is 3.46. The summed E-state index contributed by atoms with van der Waals surface area (Å²) in [5.74, 6) is 0.404. The van der Waals surface area contributed by atoms with Crippen LogP contribution in [0.4, 0.5) is 0 Å². The van der Waals surface area contributed by atoms with Crippen LogP contribution in [-0.2, 0) is 11.3 Å². The second-order valence-corrected chi connectivity index (χ2v) is 5.38. The second kappa shape index (κ2) is 7.16. The average molecular weight is 366 g/mol. The van der Waals surface area contributed by atoms with Crippen molar-refractivity contribution >= 4 is 5.97 Å². The Hall–Kier alpha value is -3.88. The summed E-state index contributed by atoms with van der Waals surface area (Å²) in [6, 6.07) is 12.7. The first kappa shape index (κ1) is 16.6. The van der Waals surface area contributed by atoms with E-state index in [1.165, 1.54) is 18.1 Å². The van der Waals surface area contributed by atoms with Crippen LogP contribution in [0.5, 0.6) is 5.75 Å². The van der Waals surface area contributed by atoms with E-state index in [1.807, 2.05) is 30.3 Å². The van der Waals surface area contributed by atoms with Crippen molar-refractivity contribution in [3.05, 3.63) is 66.5 Å². The Bertz CT molecular complexity index is 1040. The first-order chi connectivity index (χ1) is 13.2. The number of benzene rings is 1. The Labute approximate surface area is 153 Å². The molecule has 4 rings (SSSR count). The largest absolute Gasteiger partial charge is 0.493 e. The van der Waals surface area contributed by atoms with Crippen molar-refractivity contribution in [3.63, 3.8) is 0 Å². The molecule has 0 amide bonds. The molecule has 0 unspecified atom stereocenters. The number of carbonyl (C=O) groups is 1. The van der Waals surface area contributed by atoms with Gasteiger partial charge in [0.05, 0.1) is 25.3 Å². The molecule has 0 spiro atoms. The van der Waals surface area contributed by atoms with Gasteiger partial charge in [0, 0.05) is 0 Å². The number of aromatic nitrogens is 4. The number of para-hydroxylation sites is 1. The van der Waals surface area contributed by atoms with Crippen LogP contribution in [0, 0.1) is 0 Å². The number of hydrogen-bond donors (Lipinski definition) is 0. The third-order valence-electron chi connectivity index (χ3n) is 3.64. The van der Waals surface area contributed by atoms with E-state index in [1.54, 1.807) is 18.3 Å². The highest BCUT2D eigenvalue weighted by molar-refractivity contribution is 5.90. The first-order valence-electron chi connectivity index (χ1n) is 7.97. The van der Waals surface area contributed by atoms with Gasteiger partial charge in [-0.25, -0.2) is 9.48 Å². The molecule has 27 heavy (non-hydrogen) atoms. The molecular weight excluding hydrogens is 352 g/mol. The van der Waals surface area contributed by atoms with Crippen LogP contribution in [0.1, 0.15) is 16.4 Å². The van der Waals surface area contributed by atoms with E-state index >= 15 is 0 Å². The highest BCUT2D eigenvalue weighted by atomic mass is 16.5. The van der Waals surface area contributed by atoms with E-state index in [-0.39, 0.29) is 24.1 Å². The first-order valence-corrected chi connectivity index (χ1v) is 7.97. The predicted octanol–water partition coefficient (Wildman–Crippen LogP) is 2.88.